The maximum atomic E-state index is 11.2. The Balaban J connectivity index is 1.90. The van der Waals surface area contributed by atoms with Crippen molar-refractivity contribution in [3.05, 3.63) is 0 Å². The SMILES string of the molecule is CC(C)C1CC(NC2CCCCC2)CN(CC(N)=O)C1. The van der Waals surface area contributed by atoms with Crippen molar-refractivity contribution >= 4 is 5.91 Å². The lowest BCUT2D eigenvalue weighted by atomic mass is 9.84. The van der Waals surface area contributed by atoms with E-state index < -0.39 is 0 Å². The third-order valence-corrected chi connectivity index (χ3v) is 4.96. The largest absolute Gasteiger partial charge is 0.369 e. The molecule has 2 aliphatic rings. The maximum absolute atomic E-state index is 11.2. The zero-order valence-corrected chi connectivity index (χ0v) is 13.1. The predicted octanol–water partition coefficient (Wildman–Crippen LogP) is 1.74. The highest BCUT2D eigenvalue weighted by Crippen LogP contribution is 2.25. The van der Waals surface area contributed by atoms with E-state index in [1.54, 1.807) is 0 Å². The predicted molar refractivity (Wildman–Crippen MR) is 82.4 cm³/mol. The zero-order valence-electron chi connectivity index (χ0n) is 13.1. The van der Waals surface area contributed by atoms with Gasteiger partial charge in [0.25, 0.3) is 0 Å². The minimum absolute atomic E-state index is 0.203. The van der Waals surface area contributed by atoms with Crippen molar-refractivity contribution in [1.82, 2.24) is 10.2 Å². The summed E-state index contributed by atoms with van der Waals surface area (Å²) in [7, 11) is 0. The molecule has 2 fully saturated rings. The van der Waals surface area contributed by atoms with Crippen molar-refractivity contribution in [3.8, 4) is 0 Å². The first-order valence-electron chi connectivity index (χ1n) is 8.31. The van der Waals surface area contributed by atoms with Crippen LogP contribution in [0.15, 0.2) is 0 Å². The second-order valence-corrected chi connectivity index (χ2v) is 7.10. The molecule has 1 saturated carbocycles. The van der Waals surface area contributed by atoms with Gasteiger partial charge in [-0.2, -0.15) is 0 Å². The second kappa shape index (κ2) is 7.41. The molecule has 0 aromatic carbocycles. The molecule has 0 bridgehead atoms. The zero-order chi connectivity index (χ0) is 14.5. The summed E-state index contributed by atoms with van der Waals surface area (Å²) in [5.41, 5.74) is 5.37. The number of piperidine rings is 1. The molecular weight excluding hydrogens is 250 g/mol. The number of nitrogens with one attached hydrogen (secondary N) is 1. The van der Waals surface area contributed by atoms with E-state index in [2.05, 4.69) is 24.1 Å². The lowest BCUT2D eigenvalue weighted by Gasteiger charge is -2.41. The summed E-state index contributed by atoms with van der Waals surface area (Å²) in [6, 6.07) is 1.22. The summed E-state index contributed by atoms with van der Waals surface area (Å²) in [6.07, 6.45) is 8.00. The van der Waals surface area contributed by atoms with Crippen molar-refractivity contribution in [2.75, 3.05) is 19.6 Å². The average Bonchev–Trinajstić information content (AvgIpc) is 2.38. The van der Waals surface area contributed by atoms with Crippen LogP contribution >= 0.6 is 0 Å². The van der Waals surface area contributed by atoms with Gasteiger partial charge in [0, 0.05) is 25.2 Å². The van der Waals surface area contributed by atoms with Crippen molar-refractivity contribution in [2.24, 2.45) is 17.6 Å². The minimum atomic E-state index is -0.203. The number of carbonyl (C=O) groups is 1. The number of hydrogen-bond donors (Lipinski definition) is 2. The second-order valence-electron chi connectivity index (χ2n) is 7.10. The molecule has 1 amide bonds. The van der Waals surface area contributed by atoms with E-state index in [0.29, 0.717) is 30.5 Å². The van der Waals surface area contributed by atoms with Crippen LogP contribution in [0, 0.1) is 11.8 Å². The van der Waals surface area contributed by atoms with Gasteiger partial charge in [-0.05, 0) is 31.1 Å². The Morgan fingerprint density at radius 1 is 1.20 bits per heavy atom. The maximum Gasteiger partial charge on any atom is 0.231 e. The third-order valence-electron chi connectivity index (χ3n) is 4.96. The molecule has 2 atom stereocenters. The number of rotatable bonds is 5. The number of nitrogens with two attached hydrogens (primary N) is 1. The van der Waals surface area contributed by atoms with Gasteiger partial charge in [0.2, 0.25) is 5.91 Å². The van der Waals surface area contributed by atoms with Gasteiger partial charge in [-0.3, -0.25) is 9.69 Å². The van der Waals surface area contributed by atoms with Gasteiger partial charge >= 0.3 is 0 Å². The van der Waals surface area contributed by atoms with Crippen LogP contribution in [0.3, 0.4) is 0 Å². The number of carbonyl (C=O) groups excluding carboxylic acids is 1. The van der Waals surface area contributed by atoms with E-state index >= 15 is 0 Å². The molecule has 1 aliphatic carbocycles. The third kappa shape index (κ3) is 4.74. The normalized spacial score (nSPS) is 29.8. The summed E-state index contributed by atoms with van der Waals surface area (Å²) in [5.74, 6) is 1.14. The molecule has 4 nitrogen and oxygen atoms in total. The van der Waals surface area contributed by atoms with E-state index in [0.717, 1.165) is 13.1 Å². The first kappa shape index (κ1) is 15.8. The highest BCUT2D eigenvalue weighted by atomic mass is 16.1. The lowest BCUT2D eigenvalue weighted by Crippen LogP contribution is -2.54. The molecule has 2 rings (SSSR count). The molecule has 0 radical (unpaired) electrons. The molecule has 2 unspecified atom stereocenters. The monoisotopic (exact) mass is 281 g/mol. The van der Waals surface area contributed by atoms with Crippen LogP contribution in [0.4, 0.5) is 0 Å². The van der Waals surface area contributed by atoms with Crippen LogP contribution < -0.4 is 11.1 Å². The quantitative estimate of drug-likeness (QED) is 0.807. The van der Waals surface area contributed by atoms with Crippen LogP contribution in [0.2, 0.25) is 0 Å². The van der Waals surface area contributed by atoms with E-state index in [9.17, 15) is 4.79 Å². The summed E-state index contributed by atoms with van der Waals surface area (Å²) in [4.78, 5) is 13.4. The first-order valence-corrected chi connectivity index (χ1v) is 8.31. The molecular formula is C16H31N3O. The Morgan fingerprint density at radius 2 is 1.90 bits per heavy atom. The molecule has 1 saturated heterocycles. The fraction of sp³-hybridized carbons (Fsp3) is 0.938. The van der Waals surface area contributed by atoms with E-state index in [1.807, 2.05) is 0 Å². The van der Waals surface area contributed by atoms with Crippen LogP contribution in [0.5, 0.6) is 0 Å². The topological polar surface area (TPSA) is 58.4 Å². The Kier molecular flexibility index (Phi) is 5.85. The van der Waals surface area contributed by atoms with Gasteiger partial charge in [0.1, 0.15) is 0 Å². The van der Waals surface area contributed by atoms with Gasteiger partial charge in [-0.15, -0.1) is 0 Å². The summed E-state index contributed by atoms with van der Waals surface area (Å²) < 4.78 is 0. The van der Waals surface area contributed by atoms with Gasteiger partial charge in [-0.1, -0.05) is 33.1 Å². The Morgan fingerprint density at radius 3 is 2.50 bits per heavy atom. The Labute approximate surface area is 123 Å². The number of amides is 1. The molecule has 3 N–H and O–H groups in total. The van der Waals surface area contributed by atoms with Crippen molar-refractivity contribution in [1.29, 1.82) is 0 Å². The van der Waals surface area contributed by atoms with Crippen LogP contribution in [-0.4, -0.2) is 42.5 Å². The van der Waals surface area contributed by atoms with E-state index in [-0.39, 0.29) is 5.91 Å². The molecule has 116 valence electrons. The summed E-state index contributed by atoms with van der Waals surface area (Å²) in [6.45, 7) is 6.98. The molecule has 4 heteroatoms. The summed E-state index contributed by atoms with van der Waals surface area (Å²) >= 11 is 0. The number of primary amides is 1. The molecule has 1 heterocycles. The van der Waals surface area contributed by atoms with Crippen molar-refractivity contribution < 1.29 is 4.79 Å². The summed E-state index contributed by atoms with van der Waals surface area (Å²) in [5, 5.41) is 3.85. The highest BCUT2D eigenvalue weighted by Gasteiger charge is 2.30. The number of likely N-dealkylation sites (tertiary alicyclic amines) is 1. The molecule has 0 aromatic heterocycles. The Bertz CT molecular complexity index is 313. The molecule has 0 aromatic rings. The fourth-order valence-electron chi connectivity index (χ4n) is 3.79. The van der Waals surface area contributed by atoms with Crippen molar-refractivity contribution in [2.45, 2.75) is 64.5 Å². The molecule has 0 spiro atoms. The Hall–Kier alpha value is -0.610. The highest BCUT2D eigenvalue weighted by molar-refractivity contribution is 5.75. The van der Waals surface area contributed by atoms with Gasteiger partial charge < -0.3 is 11.1 Å². The number of nitrogens with zero attached hydrogens (tertiary/aromatic N) is 1. The van der Waals surface area contributed by atoms with Gasteiger partial charge in [0.05, 0.1) is 6.54 Å². The lowest BCUT2D eigenvalue weighted by molar-refractivity contribution is -0.119. The molecule has 1 aliphatic heterocycles. The minimum Gasteiger partial charge on any atom is -0.369 e. The van der Waals surface area contributed by atoms with E-state index in [4.69, 9.17) is 5.73 Å². The molecule has 20 heavy (non-hydrogen) atoms. The van der Waals surface area contributed by atoms with Crippen LogP contribution in [0.1, 0.15) is 52.4 Å². The average molecular weight is 281 g/mol. The van der Waals surface area contributed by atoms with Crippen molar-refractivity contribution in [3.63, 3.8) is 0 Å². The number of hydrogen-bond acceptors (Lipinski definition) is 3. The fourth-order valence-corrected chi connectivity index (χ4v) is 3.79. The van der Waals surface area contributed by atoms with E-state index in [1.165, 1.54) is 38.5 Å². The first-order chi connectivity index (χ1) is 9.54. The standard InChI is InChI=1S/C16H31N3O/c1-12(2)13-8-15(10-19(9-13)11-16(17)20)18-14-6-4-3-5-7-14/h12-15,18H,3-11H2,1-2H3,(H2,17,20). The van der Waals surface area contributed by atoms with Gasteiger partial charge in [-0.25, -0.2) is 0 Å². The van der Waals surface area contributed by atoms with Crippen LogP contribution in [0.25, 0.3) is 0 Å². The van der Waals surface area contributed by atoms with Crippen LogP contribution in [-0.2, 0) is 4.79 Å². The van der Waals surface area contributed by atoms with Gasteiger partial charge in [0.15, 0.2) is 0 Å². The smallest absolute Gasteiger partial charge is 0.231 e.